The Labute approximate surface area is 151 Å². The van der Waals surface area contributed by atoms with Crippen LogP contribution in [0.3, 0.4) is 0 Å². The monoisotopic (exact) mass is 355 g/mol. The lowest BCUT2D eigenvalue weighted by molar-refractivity contribution is -0.384. The van der Waals surface area contributed by atoms with Crippen molar-refractivity contribution in [2.75, 3.05) is 19.6 Å². The van der Waals surface area contributed by atoms with Gasteiger partial charge in [0.2, 0.25) is 0 Å². The normalized spacial score (nSPS) is 18.7. The molecule has 136 valence electrons. The first-order valence-electron chi connectivity index (χ1n) is 8.65. The molecule has 1 saturated heterocycles. The topological polar surface area (TPSA) is 83.8 Å². The number of benzene rings is 1. The zero-order valence-corrected chi connectivity index (χ0v) is 14.7. The Kier molecular flexibility index (Phi) is 4.88. The van der Waals surface area contributed by atoms with Crippen molar-refractivity contribution in [1.82, 2.24) is 9.80 Å². The van der Waals surface area contributed by atoms with Crippen molar-refractivity contribution >= 4 is 23.1 Å². The Morgan fingerprint density at radius 1 is 1.19 bits per heavy atom. The van der Waals surface area contributed by atoms with Crippen molar-refractivity contribution in [2.45, 2.75) is 19.8 Å². The summed E-state index contributed by atoms with van der Waals surface area (Å²) in [6.45, 7) is 7.36. The molecule has 3 rings (SSSR count). The van der Waals surface area contributed by atoms with Crippen LogP contribution >= 0.6 is 0 Å². The number of carbonyl (C=O) groups is 2. The third kappa shape index (κ3) is 3.12. The molecule has 0 saturated carbocycles. The third-order valence-corrected chi connectivity index (χ3v) is 4.92. The summed E-state index contributed by atoms with van der Waals surface area (Å²) < 4.78 is 0. The minimum absolute atomic E-state index is 0.0533. The smallest absolute Gasteiger partial charge is 0.278 e. The van der Waals surface area contributed by atoms with E-state index in [9.17, 15) is 19.7 Å². The highest BCUT2D eigenvalue weighted by atomic mass is 16.6. The number of carbonyl (C=O) groups excluding carboxylic acids is 2. The quantitative estimate of drug-likeness (QED) is 0.351. The molecule has 1 aromatic carbocycles. The van der Waals surface area contributed by atoms with Crippen LogP contribution < -0.4 is 0 Å². The molecule has 0 atom stereocenters. The molecular formula is C19H21N3O4. The van der Waals surface area contributed by atoms with Gasteiger partial charge < -0.3 is 4.90 Å². The Bertz CT molecular complexity index is 790. The van der Waals surface area contributed by atoms with Crippen LogP contribution in [0.15, 0.2) is 42.6 Å². The summed E-state index contributed by atoms with van der Waals surface area (Å²) in [7, 11) is 0. The van der Waals surface area contributed by atoms with Gasteiger partial charge in [0, 0.05) is 31.8 Å². The fourth-order valence-corrected chi connectivity index (χ4v) is 3.39. The number of rotatable bonds is 5. The number of amides is 2. The molecule has 2 aliphatic heterocycles. The number of hydrogen-bond acceptors (Lipinski definition) is 5. The van der Waals surface area contributed by atoms with E-state index < -0.39 is 4.92 Å². The van der Waals surface area contributed by atoms with E-state index in [0.717, 1.165) is 12.8 Å². The highest BCUT2D eigenvalue weighted by molar-refractivity contribution is 6.35. The van der Waals surface area contributed by atoms with Crippen molar-refractivity contribution < 1.29 is 14.5 Å². The first-order valence-corrected chi connectivity index (χ1v) is 8.65. The lowest BCUT2D eigenvalue weighted by Crippen LogP contribution is -2.38. The lowest BCUT2D eigenvalue weighted by atomic mass is 9.97. The van der Waals surface area contributed by atoms with Gasteiger partial charge in [-0.05, 0) is 36.5 Å². The minimum atomic E-state index is -0.489. The molecular weight excluding hydrogens is 334 g/mol. The molecule has 7 nitrogen and oxygen atoms in total. The number of nitro groups is 1. The maximum absolute atomic E-state index is 12.9. The minimum Gasteiger partial charge on any atom is -0.366 e. The van der Waals surface area contributed by atoms with Crippen LogP contribution in [-0.2, 0) is 9.59 Å². The Balaban J connectivity index is 2.04. The van der Waals surface area contributed by atoms with Crippen molar-refractivity contribution in [3.63, 3.8) is 0 Å². The molecule has 2 aliphatic rings. The van der Waals surface area contributed by atoms with Gasteiger partial charge in [0.15, 0.2) is 0 Å². The van der Waals surface area contributed by atoms with Gasteiger partial charge in [0.05, 0.1) is 10.5 Å². The number of non-ortho nitro benzene ring substituents is 1. The van der Waals surface area contributed by atoms with E-state index in [4.69, 9.17) is 0 Å². The molecule has 26 heavy (non-hydrogen) atoms. The molecule has 0 unspecified atom stereocenters. The standard InChI is InChI=1S/C19H21N3O4/c1-3-10-21-18(23)16(14-4-6-15(7-5-14)22(25)26)17(19(21)24)20-11-8-13(2)9-12-20/h3-7,13H,1,8-12H2,2H3. The molecule has 0 radical (unpaired) electrons. The Morgan fingerprint density at radius 3 is 2.35 bits per heavy atom. The molecule has 0 aliphatic carbocycles. The van der Waals surface area contributed by atoms with E-state index in [0.29, 0.717) is 35.8 Å². The fourth-order valence-electron chi connectivity index (χ4n) is 3.39. The fraction of sp³-hybridized carbons (Fsp3) is 0.368. The van der Waals surface area contributed by atoms with Crippen LogP contribution in [0.25, 0.3) is 5.57 Å². The van der Waals surface area contributed by atoms with Crippen molar-refractivity contribution in [3.05, 3.63) is 58.3 Å². The van der Waals surface area contributed by atoms with E-state index >= 15 is 0 Å². The molecule has 0 aromatic heterocycles. The van der Waals surface area contributed by atoms with Crippen LogP contribution in [0.1, 0.15) is 25.3 Å². The maximum Gasteiger partial charge on any atom is 0.278 e. The predicted octanol–water partition coefficient (Wildman–Crippen LogP) is 2.59. The second kappa shape index (κ2) is 7.11. The Morgan fingerprint density at radius 2 is 1.81 bits per heavy atom. The van der Waals surface area contributed by atoms with E-state index in [2.05, 4.69) is 13.5 Å². The molecule has 0 spiro atoms. The van der Waals surface area contributed by atoms with Crippen LogP contribution in [0.5, 0.6) is 0 Å². The summed E-state index contributed by atoms with van der Waals surface area (Å²) in [5, 5.41) is 10.9. The Hall–Kier alpha value is -2.96. The second-order valence-corrected chi connectivity index (χ2v) is 6.71. The molecule has 7 heteroatoms. The van der Waals surface area contributed by atoms with E-state index in [1.165, 1.54) is 35.2 Å². The number of imide groups is 1. The summed E-state index contributed by atoms with van der Waals surface area (Å²) in [5.41, 5.74) is 1.19. The van der Waals surface area contributed by atoms with Crippen LogP contribution in [0.4, 0.5) is 5.69 Å². The van der Waals surface area contributed by atoms with Gasteiger partial charge in [-0.25, -0.2) is 0 Å². The van der Waals surface area contributed by atoms with E-state index in [-0.39, 0.29) is 24.0 Å². The number of likely N-dealkylation sites (tertiary alicyclic amines) is 1. The molecule has 2 heterocycles. The van der Waals surface area contributed by atoms with Gasteiger partial charge in [-0.15, -0.1) is 6.58 Å². The number of hydrogen-bond donors (Lipinski definition) is 0. The summed E-state index contributed by atoms with van der Waals surface area (Å²) in [6, 6.07) is 5.77. The summed E-state index contributed by atoms with van der Waals surface area (Å²) in [4.78, 5) is 39.3. The van der Waals surface area contributed by atoms with Gasteiger partial charge >= 0.3 is 0 Å². The van der Waals surface area contributed by atoms with Crippen molar-refractivity contribution in [2.24, 2.45) is 5.92 Å². The zero-order chi connectivity index (χ0) is 18.8. The average molecular weight is 355 g/mol. The van der Waals surface area contributed by atoms with Crippen molar-refractivity contribution in [1.29, 1.82) is 0 Å². The zero-order valence-electron chi connectivity index (χ0n) is 14.7. The highest BCUT2D eigenvalue weighted by Gasteiger charge is 2.41. The van der Waals surface area contributed by atoms with E-state index in [1.54, 1.807) is 0 Å². The van der Waals surface area contributed by atoms with Crippen LogP contribution in [0.2, 0.25) is 0 Å². The number of nitro benzene ring substituents is 1. The largest absolute Gasteiger partial charge is 0.366 e. The van der Waals surface area contributed by atoms with Gasteiger partial charge in [0.25, 0.3) is 17.5 Å². The molecule has 1 aromatic rings. The van der Waals surface area contributed by atoms with Crippen LogP contribution in [-0.4, -0.2) is 46.2 Å². The maximum atomic E-state index is 12.9. The molecule has 0 N–H and O–H groups in total. The molecule has 1 fully saturated rings. The van der Waals surface area contributed by atoms with Gasteiger partial charge in [-0.3, -0.25) is 24.6 Å². The van der Waals surface area contributed by atoms with Crippen molar-refractivity contribution in [3.8, 4) is 0 Å². The predicted molar refractivity (Wildman–Crippen MR) is 96.9 cm³/mol. The summed E-state index contributed by atoms with van der Waals surface area (Å²) >= 11 is 0. The second-order valence-electron chi connectivity index (χ2n) is 6.71. The van der Waals surface area contributed by atoms with Gasteiger partial charge in [-0.2, -0.15) is 0 Å². The van der Waals surface area contributed by atoms with Crippen LogP contribution in [0, 0.1) is 16.0 Å². The number of piperidine rings is 1. The van der Waals surface area contributed by atoms with Gasteiger partial charge in [0.1, 0.15) is 5.70 Å². The molecule has 0 bridgehead atoms. The van der Waals surface area contributed by atoms with E-state index in [1.807, 2.05) is 4.90 Å². The highest BCUT2D eigenvalue weighted by Crippen LogP contribution is 2.34. The first-order chi connectivity index (χ1) is 12.4. The summed E-state index contributed by atoms with van der Waals surface area (Å²) in [5.74, 6) is -0.110. The molecule has 2 amide bonds. The number of nitrogens with zero attached hydrogens (tertiary/aromatic N) is 3. The summed E-state index contributed by atoms with van der Waals surface area (Å²) in [6.07, 6.45) is 3.43. The lowest BCUT2D eigenvalue weighted by Gasteiger charge is -2.32. The third-order valence-electron chi connectivity index (χ3n) is 4.92. The first kappa shape index (κ1) is 17.8. The average Bonchev–Trinajstić information content (AvgIpc) is 2.87. The van der Waals surface area contributed by atoms with Gasteiger partial charge in [-0.1, -0.05) is 13.0 Å². The SMILES string of the molecule is C=CCN1C(=O)C(c2ccc([N+](=O)[O-])cc2)=C(N2CCC(C)CC2)C1=O.